The van der Waals surface area contributed by atoms with Gasteiger partial charge in [0.15, 0.2) is 33.9 Å². The van der Waals surface area contributed by atoms with E-state index in [0.717, 1.165) is 101 Å². The molecule has 0 radical (unpaired) electrons. The van der Waals surface area contributed by atoms with Crippen LogP contribution in [0.4, 0.5) is 40.1 Å². The molecule has 2 aromatic heterocycles. The number of aromatic amines is 3. The number of aromatic carboxylic acids is 1. The number of H-pyrrole nitrogens is 3. The number of para-hydroxylation sites is 2. The lowest BCUT2D eigenvalue weighted by Gasteiger charge is -2.28. The number of allylic oxidation sites excluding steroid dienone is 1. The van der Waals surface area contributed by atoms with Gasteiger partial charge in [0.2, 0.25) is 0 Å². The maximum Gasteiger partial charge on any atom is 0.349 e. The highest BCUT2D eigenvalue weighted by atomic mass is 16.4. The van der Waals surface area contributed by atoms with E-state index < -0.39 is 29.2 Å². The summed E-state index contributed by atoms with van der Waals surface area (Å²) in [5.74, 6) is -0.411. The topological polar surface area (TPSA) is 348 Å². The van der Waals surface area contributed by atoms with E-state index >= 15 is 0 Å². The number of carboxylic acids is 2. The summed E-state index contributed by atoms with van der Waals surface area (Å²) in [6, 6.07) is 21.3. The number of aromatic nitrogens is 8. The zero-order chi connectivity index (χ0) is 61.1. The highest BCUT2D eigenvalue weighted by molar-refractivity contribution is 5.88. The van der Waals surface area contributed by atoms with Gasteiger partial charge < -0.3 is 56.0 Å². The Morgan fingerprint density at radius 1 is 0.635 bits per heavy atom. The maximum atomic E-state index is 12.5. The third kappa shape index (κ3) is 15.0. The molecule has 1 atom stereocenters. The molecule has 4 aromatic carbocycles. The number of nitrogens with two attached hydrogens (primary N) is 1. The molecule has 6 aromatic rings. The monoisotopic (exact) mass is 1160 g/mol. The summed E-state index contributed by atoms with van der Waals surface area (Å²) in [5.41, 5.74) is 14.8. The molecule has 0 unspecified atom stereocenters. The van der Waals surface area contributed by atoms with Crippen molar-refractivity contribution in [3.05, 3.63) is 176 Å². The predicted octanol–water partition coefficient (Wildman–Crippen LogP) is 4.99. The Morgan fingerprint density at radius 2 is 1.20 bits per heavy atom. The van der Waals surface area contributed by atoms with Crippen LogP contribution in [0.5, 0.6) is 0 Å². The standard InChI is InChI=1S/C22H21N5O3.C21H28N6O3.C18H20N4O3/c1-12-10-17-18(11-13(12)2)27(20-19(26-17)21(28)25-14(3)24-20)9-8-23-16-6-4-15(5-7-16)22(29)30;1-12-10-16-17(11-13(12)2)27(19-18(26-16)20(28)25-14(3)24-19)9-8-23-7-5-4-6-15(22)21(29)30;1-12(23)8-4-2-3-7-11-22-14-10-6-5-9-13(14)19-15-16(22)20-18(25)21-17(15)24/h4-7,10-11,23H,3,8-9H2,1-2H3,(H,25,28)(H,29,30);10-11,15,23H,3-9,22H2,1-2H3,(H,25,28)(H,29,30);5-6,9-10,23H,1-4,7-8,11H2,(H,21,24,25)/t;15-;/m.1./s1. The van der Waals surface area contributed by atoms with Crippen LogP contribution in [0.25, 0.3) is 35.7 Å². The molecule has 24 heteroatoms. The number of rotatable bonds is 21. The third-order valence-corrected chi connectivity index (χ3v) is 14.4. The molecule has 0 bridgehead atoms. The Balaban J connectivity index is 0.000000167. The summed E-state index contributed by atoms with van der Waals surface area (Å²) in [5, 5.41) is 34.1. The lowest BCUT2D eigenvalue weighted by molar-refractivity contribution is -0.138. The Bertz CT molecular complexity index is 4270. The van der Waals surface area contributed by atoms with Gasteiger partial charge in [-0.15, -0.1) is 0 Å². The number of benzene rings is 4. The minimum Gasteiger partial charge on any atom is -0.513 e. The Hall–Kier alpha value is -9.94. The number of aliphatic hydroxyl groups is 1. The zero-order valence-corrected chi connectivity index (χ0v) is 47.9. The lowest BCUT2D eigenvalue weighted by Crippen LogP contribution is -2.44. The average molecular weight is 1160 g/mol. The Labute approximate surface area is 487 Å². The number of aryl methyl sites for hydroxylation is 5. The molecule has 85 heavy (non-hydrogen) atoms. The van der Waals surface area contributed by atoms with E-state index in [4.69, 9.17) is 21.1 Å². The Kier molecular flexibility index (Phi) is 19.7. The van der Waals surface area contributed by atoms with Gasteiger partial charge in [-0.05, 0) is 143 Å². The van der Waals surface area contributed by atoms with Crippen LogP contribution in [-0.4, -0.2) is 105 Å². The fourth-order valence-corrected chi connectivity index (χ4v) is 9.70. The quantitative estimate of drug-likeness (QED) is 0.0260. The first-order chi connectivity index (χ1) is 40.7. The van der Waals surface area contributed by atoms with Crippen LogP contribution in [0.2, 0.25) is 0 Å². The minimum atomic E-state index is -0.964. The summed E-state index contributed by atoms with van der Waals surface area (Å²) in [4.78, 5) is 108. The van der Waals surface area contributed by atoms with Crippen LogP contribution in [0.15, 0.2) is 114 Å². The highest BCUT2D eigenvalue weighted by Crippen LogP contribution is 2.38. The average Bonchev–Trinajstić information content (AvgIpc) is 1.50. The van der Waals surface area contributed by atoms with E-state index in [1.165, 1.54) is 0 Å². The second-order valence-corrected chi connectivity index (χ2v) is 20.8. The molecule has 24 nitrogen and oxygen atoms in total. The number of nitrogens with one attached hydrogen (secondary N) is 5. The van der Waals surface area contributed by atoms with Crippen molar-refractivity contribution in [2.45, 2.75) is 91.6 Å². The molecular weight excluding hydrogens is 1090 g/mol. The SMILES string of the molecule is C=C(O)CCCCCCn1c2nc(=O)[nH]c(=O)c-2nc2ccccc21.C=c1nc2c(c(=O)[nH]1)=Nc1cc(C)c(C)cc1N2CCNCCCC[C@@H](N)C(=O)O.C=c1nc2c(c(=O)[nH]1)=Nc1cc(C)c(C)cc1N2CCNc1ccc(C(=O)O)cc1. The van der Waals surface area contributed by atoms with Gasteiger partial charge in [0, 0.05) is 44.8 Å². The first-order valence-corrected chi connectivity index (χ1v) is 27.8. The van der Waals surface area contributed by atoms with Crippen molar-refractivity contribution in [3.63, 3.8) is 0 Å². The van der Waals surface area contributed by atoms with Crippen molar-refractivity contribution in [2.75, 3.05) is 47.8 Å². The number of fused-ring (bicyclic) bond motifs is 6. The molecule has 442 valence electrons. The number of hydrogen-bond acceptors (Lipinski definition) is 18. The number of aliphatic hydroxyl groups excluding tert-OH is 1. The van der Waals surface area contributed by atoms with Gasteiger partial charge in [-0.3, -0.25) is 24.2 Å². The van der Waals surface area contributed by atoms with Crippen LogP contribution in [0.3, 0.4) is 0 Å². The van der Waals surface area contributed by atoms with Gasteiger partial charge in [0.25, 0.3) is 16.7 Å². The molecule has 10 N–H and O–H groups in total. The van der Waals surface area contributed by atoms with Crippen LogP contribution < -0.4 is 70.2 Å². The van der Waals surface area contributed by atoms with Gasteiger partial charge in [-0.2, -0.15) is 4.98 Å². The van der Waals surface area contributed by atoms with E-state index in [1.807, 2.05) is 84.5 Å². The van der Waals surface area contributed by atoms with Gasteiger partial charge in [0.1, 0.15) is 17.0 Å². The third-order valence-electron chi connectivity index (χ3n) is 14.4. The van der Waals surface area contributed by atoms with Crippen molar-refractivity contribution in [1.82, 2.24) is 44.8 Å². The molecule has 0 saturated carbocycles. The summed E-state index contributed by atoms with van der Waals surface area (Å²) >= 11 is 0. The normalized spacial score (nSPS) is 12.2. The number of aliphatic carboxylic acids is 1. The molecule has 10 rings (SSSR count). The van der Waals surface area contributed by atoms with E-state index in [1.54, 1.807) is 24.3 Å². The largest absolute Gasteiger partial charge is 0.513 e. The summed E-state index contributed by atoms with van der Waals surface area (Å²) in [6.45, 7) is 22.8. The van der Waals surface area contributed by atoms with Crippen molar-refractivity contribution in [1.29, 1.82) is 0 Å². The summed E-state index contributed by atoms with van der Waals surface area (Å²) in [7, 11) is 0. The second kappa shape index (κ2) is 27.4. The summed E-state index contributed by atoms with van der Waals surface area (Å²) in [6.07, 6.45) is 6.36. The van der Waals surface area contributed by atoms with Crippen LogP contribution in [0, 0.1) is 27.7 Å². The van der Waals surface area contributed by atoms with Gasteiger partial charge in [-0.1, -0.05) is 51.1 Å². The molecule has 0 amide bonds. The van der Waals surface area contributed by atoms with Crippen molar-refractivity contribution in [3.8, 4) is 11.5 Å². The fourth-order valence-electron chi connectivity index (χ4n) is 9.70. The molecule has 4 aliphatic rings. The Morgan fingerprint density at radius 3 is 1.78 bits per heavy atom. The number of unbranched alkanes of at least 4 members (excludes halogenated alkanes) is 4. The van der Waals surface area contributed by atoms with Crippen LogP contribution >= 0.6 is 0 Å². The van der Waals surface area contributed by atoms with Gasteiger partial charge in [0.05, 0.1) is 45.1 Å². The first kappa shape index (κ1) is 61.1. The maximum absolute atomic E-state index is 12.5. The lowest BCUT2D eigenvalue weighted by atomic mass is 10.1. The number of carbonyl (C=O) groups is 2. The minimum absolute atomic E-state index is 0.176. The van der Waals surface area contributed by atoms with Gasteiger partial charge in [-0.25, -0.2) is 34.5 Å². The number of hydrogen-bond donors (Lipinski definition) is 9. The molecule has 4 aliphatic heterocycles. The predicted molar refractivity (Wildman–Crippen MR) is 328 cm³/mol. The molecule has 0 fully saturated rings. The number of anilines is 5. The molecule has 0 saturated heterocycles. The van der Waals surface area contributed by atoms with E-state index in [-0.39, 0.29) is 39.0 Å². The molecule has 0 aliphatic carbocycles. The van der Waals surface area contributed by atoms with Crippen LogP contribution in [-0.2, 0) is 11.3 Å². The van der Waals surface area contributed by atoms with Crippen LogP contribution in [0.1, 0.15) is 84.0 Å². The fraction of sp³-hybridized carbons (Fsp3) is 0.311. The molecular formula is C61H69N15O9. The van der Waals surface area contributed by atoms with Crippen molar-refractivity contribution < 1.29 is 24.9 Å². The number of carboxylic acid groups (broad SMARTS) is 2. The van der Waals surface area contributed by atoms with E-state index in [0.29, 0.717) is 79.4 Å². The zero-order valence-electron chi connectivity index (χ0n) is 47.9. The number of nitrogens with zero attached hydrogens (tertiary/aromatic N) is 9. The first-order valence-electron chi connectivity index (χ1n) is 27.8. The van der Waals surface area contributed by atoms with E-state index in [2.05, 4.69) is 81.3 Å². The van der Waals surface area contributed by atoms with Gasteiger partial charge >= 0.3 is 17.6 Å². The highest BCUT2D eigenvalue weighted by Gasteiger charge is 2.26. The van der Waals surface area contributed by atoms with E-state index in [9.17, 15) is 28.8 Å². The van der Waals surface area contributed by atoms with Crippen molar-refractivity contribution >= 4 is 76.2 Å². The smallest absolute Gasteiger partial charge is 0.349 e. The molecule has 6 heterocycles. The molecule has 0 spiro atoms. The van der Waals surface area contributed by atoms with Crippen molar-refractivity contribution in [2.24, 2.45) is 15.7 Å². The summed E-state index contributed by atoms with van der Waals surface area (Å²) < 4.78 is 1.89. The second-order valence-electron chi connectivity index (χ2n) is 20.8.